The van der Waals surface area contributed by atoms with E-state index in [1.807, 2.05) is 12.1 Å². The molecule has 2 aromatic rings. The maximum absolute atomic E-state index is 13.3. The van der Waals surface area contributed by atoms with Crippen molar-refractivity contribution in [2.75, 3.05) is 45.9 Å². The molecule has 5 rings (SSSR count). The van der Waals surface area contributed by atoms with E-state index in [1.54, 1.807) is 6.07 Å². The molecule has 0 radical (unpaired) electrons. The van der Waals surface area contributed by atoms with Crippen LogP contribution in [0, 0.1) is 5.92 Å². The molecule has 0 aromatic heterocycles. The van der Waals surface area contributed by atoms with Crippen LogP contribution in [0.15, 0.2) is 30.3 Å². The summed E-state index contributed by atoms with van der Waals surface area (Å²) in [4.78, 5) is 28.3. The van der Waals surface area contributed by atoms with Crippen molar-refractivity contribution in [1.82, 2.24) is 9.80 Å². The summed E-state index contributed by atoms with van der Waals surface area (Å²) < 4.78 is 54.9. The first-order chi connectivity index (χ1) is 20.4. The number of hydrogen-bond acceptors (Lipinski definition) is 8. The van der Waals surface area contributed by atoms with Gasteiger partial charge in [-0.2, -0.15) is 13.2 Å². The summed E-state index contributed by atoms with van der Waals surface area (Å²) in [6.07, 6.45) is -3.47. The first-order valence-electron chi connectivity index (χ1n) is 13.9. The van der Waals surface area contributed by atoms with Gasteiger partial charge in [-0.15, -0.1) is 0 Å². The lowest BCUT2D eigenvalue weighted by atomic mass is 9.87. The number of carbonyl (C=O) groups is 2. The van der Waals surface area contributed by atoms with Crippen LogP contribution in [-0.4, -0.2) is 95.7 Å². The van der Waals surface area contributed by atoms with E-state index in [0.717, 1.165) is 42.7 Å². The van der Waals surface area contributed by atoms with Gasteiger partial charge >= 0.3 is 12.1 Å². The van der Waals surface area contributed by atoms with E-state index < -0.39 is 34.9 Å². The van der Waals surface area contributed by atoms with Crippen LogP contribution in [0.5, 0.6) is 17.2 Å². The molecule has 3 heterocycles. The third-order valence-electron chi connectivity index (χ3n) is 8.06. The molecule has 2 aromatic carbocycles. The van der Waals surface area contributed by atoms with Crippen molar-refractivity contribution >= 4 is 35.1 Å². The lowest BCUT2D eigenvalue weighted by Gasteiger charge is -2.39. The number of halogens is 5. The van der Waals surface area contributed by atoms with Gasteiger partial charge in [-0.3, -0.25) is 4.79 Å². The molecule has 2 N–H and O–H groups in total. The van der Waals surface area contributed by atoms with Crippen LogP contribution in [-0.2, 0) is 11.2 Å². The van der Waals surface area contributed by atoms with E-state index in [1.165, 1.54) is 4.90 Å². The SMILES string of the molecule is O=C(c1cc(Cl)c(OC(=O)C(F)(F)F)cc1OC[C@H](O)CN1CCC2(CC1)Cc1cc(Cl)ccc1O2)N1CC[C@H](CO)C1. The molecular weight excluding hydrogens is 616 g/mol. The molecule has 43 heavy (non-hydrogen) atoms. The van der Waals surface area contributed by atoms with Gasteiger partial charge in [0.1, 0.15) is 29.8 Å². The number of aliphatic hydroxyl groups excluding tert-OH is 2. The van der Waals surface area contributed by atoms with Gasteiger partial charge in [0.2, 0.25) is 0 Å². The van der Waals surface area contributed by atoms with Crippen LogP contribution in [0.2, 0.25) is 10.0 Å². The molecule has 0 aliphatic carbocycles. The average Bonchev–Trinajstić information content (AvgIpc) is 3.58. The number of rotatable bonds is 8. The Hall–Kier alpha value is -2.77. The summed E-state index contributed by atoms with van der Waals surface area (Å²) in [5.41, 5.74) is 0.683. The average molecular weight is 647 g/mol. The highest BCUT2D eigenvalue weighted by Gasteiger charge is 2.43. The molecule has 14 heteroatoms. The topological polar surface area (TPSA) is 109 Å². The minimum Gasteiger partial charge on any atom is -0.490 e. The summed E-state index contributed by atoms with van der Waals surface area (Å²) in [7, 11) is 0. The van der Waals surface area contributed by atoms with Crippen molar-refractivity contribution in [1.29, 1.82) is 0 Å². The first kappa shape index (κ1) is 31.6. The Morgan fingerprint density at radius 1 is 1.12 bits per heavy atom. The van der Waals surface area contributed by atoms with E-state index in [9.17, 15) is 33.0 Å². The van der Waals surface area contributed by atoms with E-state index in [-0.39, 0.29) is 49.1 Å². The second-order valence-corrected chi connectivity index (χ2v) is 12.1. The number of likely N-dealkylation sites (tertiary alicyclic amines) is 2. The number of carbonyl (C=O) groups excluding carboxylic acids is 2. The van der Waals surface area contributed by atoms with E-state index in [4.69, 9.17) is 32.7 Å². The van der Waals surface area contributed by atoms with Crippen LogP contribution in [0.1, 0.15) is 35.2 Å². The van der Waals surface area contributed by atoms with E-state index >= 15 is 0 Å². The molecule has 3 aliphatic heterocycles. The monoisotopic (exact) mass is 646 g/mol. The molecule has 2 fully saturated rings. The molecule has 9 nitrogen and oxygen atoms in total. The number of alkyl halides is 3. The highest BCUT2D eigenvalue weighted by Crippen LogP contribution is 2.42. The zero-order valence-electron chi connectivity index (χ0n) is 23.0. The Morgan fingerprint density at radius 3 is 2.53 bits per heavy atom. The van der Waals surface area contributed by atoms with Crippen molar-refractivity contribution < 1.29 is 47.2 Å². The Balaban J connectivity index is 1.23. The highest BCUT2D eigenvalue weighted by atomic mass is 35.5. The number of nitrogens with zero attached hydrogens (tertiary/aromatic N) is 2. The molecule has 2 atom stereocenters. The maximum atomic E-state index is 13.3. The molecule has 234 valence electrons. The van der Waals surface area contributed by atoms with Crippen molar-refractivity contribution in [3.63, 3.8) is 0 Å². The number of ether oxygens (including phenoxy) is 3. The molecule has 0 saturated carbocycles. The number of β-amino-alcohol motifs (C(OH)–C–C–N with tert-alkyl or cyclic N) is 1. The number of aliphatic hydroxyl groups is 2. The van der Waals surface area contributed by atoms with Crippen LogP contribution >= 0.6 is 23.2 Å². The smallest absolute Gasteiger partial charge is 0.490 e. The number of piperidine rings is 1. The summed E-state index contributed by atoms with van der Waals surface area (Å²) in [6.45, 7) is 1.79. The quantitative estimate of drug-likeness (QED) is 0.326. The van der Waals surface area contributed by atoms with Gasteiger partial charge in [-0.25, -0.2) is 4.79 Å². The molecular formula is C29H31Cl2F3N2O7. The van der Waals surface area contributed by atoms with Crippen molar-refractivity contribution in [3.8, 4) is 17.2 Å². The predicted octanol–water partition coefficient (Wildman–Crippen LogP) is 4.12. The second kappa shape index (κ2) is 12.7. The van der Waals surface area contributed by atoms with Gasteiger partial charge in [0.15, 0.2) is 5.75 Å². The number of esters is 1. The van der Waals surface area contributed by atoms with Gasteiger partial charge in [0, 0.05) is 75.6 Å². The fourth-order valence-corrected chi connectivity index (χ4v) is 6.15. The Kier molecular flexibility index (Phi) is 9.34. The van der Waals surface area contributed by atoms with E-state index in [0.29, 0.717) is 31.1 Å². The largest absolute Gasteiger partial charge is 0.491 e. The lowest BCUT2D eigenvalue weighted by molar-refractivity contribution is -0.189. The van der Waals surface area contributed by atoms with Crippen LogP contribution in [0.25, 0.3) is 0 Å². The van der Waals surface area contributed by atoms with Crippen molar-refractivity contribution in [2.45, 2.75) is 43.6 Å². The lowest BCUT2D eigenvalue weighted by Crippen LogP contribution is -2.49. The number of hydrogen-bond donors (Lipinski definition) is 2. The highest BCUT2D eigenvalue weighted by molar-refractivity contribution is 6.32. The number of fused-ring (bicyclic) bond motifs is 1. The first-order valence-corrected chi connectivity index (χ1v) is 14.6. The predicted molar refractivity (Wildman–Crippen MR) is 150 cm³/mol. The third-order valence-corrected chi connectivity index (χ3v) is 8.59. The van der Waals surface area contributed by atoms with Crippen LogP contribution in [0.3, 0.4) is 0 Å². The fraction of sp³-hybridized carbons (Fsp3) is 0.517. The van der Waals surface area contributed by atoms with Gasteiger partial charge in [0.25, 0.3) is 5.91 Å². The third kappa shape index (κ3) is 7.31. The molecule has 0 bridgehead atoms. The van der Waals surface area contributed by atoms with Gasteiger partial charge < -0.3 is 34.2 Å². The van der Waals surface area contributed by atoms with Gasteiger partial charge in [0.05, 0.1) is 10.6 Å². The van der Waals surface area contributed by atoms with Crippen molar-refractivity contribution in [2.24, 2.45) is 5.92 Å². The minimum atomic E-state index is -5.27. The molecule has 1 amide bonds. The molecule has 1 spiro atoms. The van der Waals surface area contributed by atoms with Crippen LogP contribution < -0.4 is 14.2 Å². The second-order valence-electron chi connectivity index (χ2n) is 11.2. The molecule has 0 unspecified atom stereocenters. The molecule has 3 aliphatic rings. The van der Waals surface area contributed by atoms with Gasteiger partial charge in [-0.1, -0.05) is 23.2 Å². The van der Waals surface area contributed by atoms with Crippen molar-refractivity contribution in [3.05, 3.63) is 51.5 Å². The van der Waals surface area contributed by atoms with E-state index in [2.05, 4.69) is 9.64 Å². The maximum Gasteiger partial charge on any atom is 0.491 e. The number of amides is 1. The molecule has 2 saturated heterocycles. The zero-order valence-corrected chi connectivity index (χ0v) is 24.6. The summed E-state index contributed by atoms with van der Waals surface area (Å²) in [6, 6.07) is 7.61. The van der Waals surface area contributed by atoms with Gasteiger partial charge in [-0.05, 0) is 36.2 Å². The summed E-state index contributed by atoms with van der Waals surface area (Å²) >= 11 is 12.2. The zero-order chi connectivity index (χ0) is 30.9. The summed E-state index contributed by atoms with van der Waals surface area (Å²) in [5, 5.41) is 20.5. The number of benzene rings is 2. The Labute approximate surface area is 256 Å². The van der Waals surface area contributed by atoms with Crippen LogP contribution in [0.4, 0.5) is 13.2 Å². The normalized spacial score (nSPS) is 20.5. The Bertz CT molecular complexity index is 1370. The summed E-state index contributed by atoms with van der Waals surface area (Å²) in [5.74, 6) is -3.11. The standard InChI is InChI=1S/C29H31Cl2F3N2O7/c30-19-1-2-23-18(9-19)12-28(43-23)4-7-35(8-5-28)14-20(38)16-41-24-11-25(42-27(40)29(32,33)34)22(31)10-21(24)26(39)36-6-3-17(13-36)15-37/h1-2,9-11,17,20,37-38H,3-8,12-16H2/t17-,20+/m0/s1. The Morgan fingerprint density at radius 2 is 1.86 bits per heavy atom. The minimum absolute atomic E-state index is 0.0689. The fourth-order valence-electron chi connectivity index (χ4n) is 5.75.